The highest BCUT2D eigenvalue weighted by atomic mass is 16.1. The van der Waals surface area contributed by atoms with Gasteiger partial charge in [0, 0.05) is 10.9 Å². The maximum absolute atomic E-state index is 12.5. The molecule has 0 radical (unpaired) electrons. The quantitative estimate of drug-likeness (QED) is 0.544. The second-order valence-electron chi connectivity index (χ2n) is 6.17. The van der Waals surface area contributed by atoms with Gasteiger partial charge in [-0.05, 0) is 30.5 Å². The third-order valence-electron chi connectivity index (χ3n) is 4.27. The first-order valence-electron chi connectivity index (χ1n) is 8.72. The summed E-state index contributed by atoms with van der Waals surface area (Å²) in [5.74, 6) is -0.711. The molecule has 0 bridgehead atoms. The average Bonchev–Trinajstić information content (AvgIpc) is 2.65. The highest BCUT2D eigenvalue weighted by Gasteiger charge is 2.15. The maximum atomic E-state index is 12.5. The van der Waals surface area contributed by atoms with Crippen LogP contribution in [-0.2, 0) is 6.42 Å². The number of rotatable bonds is 5. The number of hydrogen-bond donors (Lipinski definition) is 2. The van der Waals surface area contributed by atoms with Crippen LogP contribution in [0.1, 0.15) is 35.7 Å². The van der Waals surface area contributed by atoms with Gasteiger partial charge in [0.2, 0.25) is 0 Å². The van der Waals surface area contributed by atoms with Crippen molar-refractivity contribution in [1.29, 1.82) is 0 Å². The number of hydrogen-bond acceptors (Lipinski definition) is 2. The third-order valence-corrected chi connectivity index (χ3v) is 4.27. The molecule has 0 aliphatic rings. The van der Waals surface area contributed by atoms with Gasteiger partial charge in [-0.3, -0.25) is 4.79 Å². The van der Waals surface area contributed by atoms with Gasteiger partial charge in [-0.2, -0.15) is 4.99 Å². The summed E-state index contributed by atoms with van der Waals surface area (Å²) in [7, 11) is 0. The molecule has 0 atom stereocenters. The number of nitrogens with zero attached hydrogens (tertiary/aromatic N) is 2. The average molecular weight is 346 g/mol. The number of carbonyl (C=O) groups is 1. The lowest BCUT2D eigenvalue weighted by Gasteiger charge is -2.11. The molecule has 0 saturated carbocycles. The van der Waals surface area contributed by atoms with Crippen molar-refractivity contribution < 1.29 is 4.79 Å². The normalized spacial score (nSPS) is 10.7. The van der Waals surface area contributed by atoms with Gasteiger partial charge in [-0.25, -0.2) is 4.98 Å². The van der Waals surface area contributed by atoms with Crippen molar-refractivity contribution >= 4 is 22.8 Å². The third kappa shape index (κ3) is 3.72. The number of amides is 1. The fraction of sp³-hybridized carbons (Fsp3) is 0.190. The van der Waals surface area contributed by atoms with Crippen molar-refractivity contribution in [1.82, 2.24) is 4.98 Å². The van der Waals surface area contributed by atoms with Crippen LogP contribution in [0.3, 0.4) is 0 Å². The van der Waals surface area contributed by atoms with E-state index >= 15 is 0 Å². The summed E-state index contributed by atoms with van der Waals surface area (Å²) < 4.78 is 0. The van der Waals surface area contributed by atoms with Crippen LogP contribution in [0.15, 0.2) is 59.6 Å². The Morgan fingerprint density at radius 2 is 1.81 bits per heavy atom. The summed E-state index contributed by atoms with van der Waals surface area (Å²) in [6.07, 6.45) is 3.19. The maximum Gasteiger partial charge on any atom is 0.280 e. The molecule has 0 saturated heterocycles. The van der Waals surface area contributed by atoms with E-state index < -0.39 is 5.91 Å². The molecule has 1 amide bonds. The topological polar surface area (TPSA) is 94.4 Å². The van der Waals surface area contributed by atoms with Gasteiger partial charge in [0.15, 0.2) is 5.96 Å². The lowest BCUT2D eigenvalue weighted by atomic mass is 9.97. The van der Waals surface area contributed by atoms with E-state index in [9.17, 15) is 4.79 Å². The Morgan fingerprint density at radius 1 is 1.08 bits per heavy atom. The van der Waals surface area contributed by atoms with E-state index in [-0.39, 0.29) is 5.96 Å². The molecule has 1 aromatic heterocycles. The zero-order valence-corrected chi connectivity index (χ0v) is 14.8. The predicted octanol–water partition coefficient (Wildman–Crippen LogP) is 3.66. The van der Waals surface area contributed by atoms with Crippen LogP contribution in [0.25, 0.3) is 22.2 Å². The summed E-state index contributed by atoms with van der Waals surface area (Å²) >= 11 is 0. The molecular weight excluding hydrogens is 324 g/mol. The number of aryl methyl sites for hydroxylation is 1. The smallest absolute Gasteiger partial charge is 0.280 e. The number of aromatic nitrogens is 1. The molecule has 5 heteroatoms. The van der Waals surface area contributed by atoms with E-state index in [4.69, 9.17) is 16.5 Å². The second kappa shape index (κ2) is 7.78. The SMILES string of the molecule is CCCCc1ccccc1-c1cc(C(=O)N=C(N)N)c2ccccc2n1. The zero-order chi connectivity index (χ0) is 18.5. The molecule has 0 aliphatic carbocycles. The minimum Gasteiger partial charge on any atom is -0.370 e. The minimum atomic E-state index is -0.462. The van der Waals surface area contributed by atoms with Gasteiger partial charge in [-0.1, -0.05) is 55.8 Å². The van der Waals surface area contributed by atoms with E-state index in [2.05, 4.69) is 18.0 Å². The summed E-state index contributed by atoms with van der Waals surface area (Å²) in [6, 6.07) is 17.4. The van der Waals surface area contributed by atoms with Crippen LogP contribution in [0.5, 0.6) is 0 Å². The van der Waals surface area contributed by atoms with Crippen LogP contribution in [0.2, 0.25) is 0 Å². The van der Waals surface area contributed by atoms with Crippen LogP contribution < -0.4 is 11.5 Å². The Kier molecular flexibility index (Phi) is 5.27. The highest BCUT2D eigenvalue weighted by molar-refractivity contribution is 6.10. The van der Waals surface area contributed by atoms with Crippen molar-refractivity contribution in [3.05, 3.63) is 65.7 Å². The van der Waals surface area contributed by atoms with Crippen molar-refractivity contribution in [2.45, 2.75) is 26.2 Å². The first kappa shape index (κ1) is 17.6. The van der Waals surface area contributed by atoms with Gasteiger partial charge < -0.3 is 11.5 Å². The molecule has 26 heavy (non-hydrogen) atoms. The molecule has 3 aromatic rings. The number of nitrogens with two attached hydrogens (primary N) is 2. The first-order valence-corrected chi connectivity index (χ1v) is 8.72. The monoisotopic (exact) mass is 346 g/mol. The van der Waals surface area contributed by atoms with E-state index in [1.165, 1.54) is 5.56 Å². The van der Waals surface area contributed by atoms with Crippen molar-refractivity contribution in [2.24, 2.45) is 16.5 Å². The molecule has 4 N–H and O–H groups in total. The van der Waals surface area contributed by atoms with Crippen LogP contribution in [0.4, 0.5) is 0 Å². The number of unbranched alkanes of at least 4 members (excludes halogenated alkanes) is 1. The van der Waals surface area contributed by atoms with Gasteiger partial charge in [0.05, 0.1) is 16.8 Å². The Hall–Kier alpha value is -3.21. The van der Waals surface area contributed by atoms with Crippen LogP contribution >= 0.6 is 0 Å². The number of aliphatic imine (C=N–C) groups is 1. The van der Waals surface area contributed by atoms with Gasteiger partial charge in [-0.15, -0.1) is 0 Å². The van der Waals surface area contributed by atoms with Gasteiger partial charge in [0.25, 0.3) is 5.91 Å². The number of carbonyl (C=O) groups excluding carboxylic acids is 1. The Morgan fingerprint density at radius 3 is 2.58 bits per heavy atom. The van der Waals surface area contributed by atoms with Gasteiger partial charge in [0.1, 0.15) is 0 Å². The lowest BCUT2D eigenvalue weighted by molar-refractivity contribution is 0.100. The fourth-order valence-corrected chi connectivity index (χ4v) is 3.02. The standard InChI is InChI=1S/C21H22N4O/c1-2-3-8-14-9-4-5-10-15(14)19-13-17(20(26)25-21(22)23)16-11-6-7-12-18(16)24-19/h4-7,9-13H,2-3,8H2,1H3,(H4,22,23,25,26). The minimum absolute atomic E-state index is 0.249. The van der Waals surface area contributed by atoms with Crippen molar-refractivity contribution in [3.8, 4) is 11.3 Å². The summed E-state index contributed by atoms with van der Waals surface area (Å²) in [5.41, 5.74) is 15.0. The van der Waals surface area contributed by atoms with Gasteiger partial charge >= 0.3 is 0 Å². The summed E-state index contributed by atoms with van der Waals surface area (Å²) in [4.78, 5) is 21.0. The number of para-hydroxylation sites is 1. The van der Waals surface area contributed by atoms with E-state index in [1.807, 2.05) is 42.5 Å². The predicted molar refractivity (Wildman–Crippen MR) is 106 cm³/mol. The molecule has 3 rings (SSSR count). The summed E-state index contributed by atoms with van der Waals surface area (Å²) in [5, 5.41) is 0.734. The molecule has 0 unspecified atom stereocenters. The molecule has 132 valence electrons. The largest absolute Gasteiger partial charge is 0.370 e. The molecule has 0 fully saturated rings. The van der Waals surface area contributed by atoms with E-state index in [0.717, 1.165) is 41.4 Å². The molecule has 1 heterocycles. The van der Waals surface area contributed by atoms with Crippen LogP contribution in [0, 0.1) is 0 Å². The van der Waals surface area contributed by atoms with Crippen molar-refractivity contribution in [3.63, 3.8) is 0 Å². The molecule has 0 spiro atoms. The molecule has 5 nitrogen and oxygen atoms in total. The second-order valence-corrected chi connectivity index (χ2v) is 6.17. The number of guanidine groups is 1. The molecule has 2 aromatic carbocycles. The van der Waals surface area contributed by atoms with Crippen molar-refractivity contribution in [2.75, 3.05) is 0 Å². The lowest BCUT2D eigenvalue weighted by Crippen LogP contribution is -2.24. The molecule has 0 aliphatic heterocycles. The van der Waals surface area contributed by atoms with E-state index in [1.54, 1.807) is 6.07 Å². The highest BCUT2D eigenvalue weighted by Crippen LogP contribution is 2.28. The Labute approximate surface area is 152 Å². The number of pyridine rings is 1. The summed E-state index contributed by atoms with van der Waals surface area (Å²) in [6.45, 7) is 2.17. The number of fused-ring (bicyclic) bond motifs is 1. The fourth-order valence-electron chi connectivity index (χ4n) is 3.02. The number of benzene rings is 2. The first-order chi connectivity index (χ1) is 12.6. The Balaban J connectivity index is 2.20. The van der Waals surface area contributed by atoms with E-state index in [0.29, 0.717) is 5.56 Å². The van der Waals surface area contributed by atoms with Crippen LogP contribution in [-0.4, -0.2) is 16.9 Å². The molecular formula is C21H22N4O. The Bertz CT molecular complexity index is 975. The zero-order valence-electron chi connectivity index (χ0n) is 14.8.